The molecular formula is C12H20BrNS. The number of hydrogen-bond donors (Lipinski definition) is 1. The Bertz CT molecular complexity index is 285. The van der Waals surface area contributed by atoms with Gasteiger partial charge >= 0.3 is 0 Å². The maximum Gasteiger partial charge on any atom is 0.0314 e. The van der Waals surface area contributed by atoms with Crippen molar-refractivity contribution in [3.63, 3.8) is 0 Å². The van der Waals surface area contributed by atoms with Crippen molar-refractivity contribution in [3.8, 4) is 0 Å². The van der Waals surface area contributed by atoms with Crippen LogP contribution < -0.4 is 5.32 Å². The average Bonchev–Trinajstić information content (AvgIpc) is 2.52. The fourth-order valence-corrected chi connectivity index (χ4v) is 3.59. The Morgan fingerprint density at radius 1 is 1.47 bits per heavy atom. The molecule has 0 aliphatic heterocycles. The third-order valence-electron chi connectivity index (χ3n) is 2.53. The van der Waals surface area contributed by atoms with E-state index in [2.05, 4.69) is 53.5 Å². The highest BCUT2D eigenvalue weighted by molar-refractivity contribution is 9.10. The van der Waals surface area contributed by atoms with E-state index in [1.54, 1.807) is 0 Å². The van der Waals surface area contributed by atoms with Crippen molar-refractivity contribution in [2.75, 3.05) is 6.54 Å². The first kappa shape index (κ1) is 13.2. The fraction of sp³-hybridized carbons (Fsp3) is 0.667. The average molecular weight is 290 g/mol. The highest BCUT2D eigenvalue weighted by Gasteiger charge is 2.11. The van der Waals surface area contributed by atoms with Crippen LogP contribution in [0, 0.1) is 5.92 Å². The first-order chi connectivity index (χ1) is 7.13. The van der Waals surface area contributed by atoms with E-state index in [0.29, 0.717) is 6.04 Å². The van der Waals surface area contributed by atoms with E-state index >= 15 is 0 Å². The van der Waals surface area contributed by atoms with Gasteiger partial charge in [-0.25, -0.2) is 0 Å². The summed E-state index contributed by atoms with van der Waals surface area (Å²) in [6.45, 7) is 7.83. The van der Waals surface area contributed by atoms with Crippen LogP contribution in [0.2, 0.25) is 0 Å². The molecule has 3 heteroatoms. The second kappa shape index (κ2) is 6.66. The highest BCUT2D eigenvalue weighted by atomic mass is 79.9. The van der Waals surface area contributed by atoms with Crippen molar-refractivity contribution >= 4 is 27.3 Å². The zero-order chi connectivity index (χ0) is 11.3. The Hall–Kier alpha value is 0.140. The predicted octanol–water partition coefficient (Wildman–Crippen LogP) is 4.08. The third kappa shape index (κ3) is 4.66. The van der Waals surface area contributed by atoms with Crippen molar-refractivity contribution in [2.24, 2.45) is 5.92 Å². The Morgan fingerprint density at radius 2 is 2.20 bits per heavy atom. The van der Waals surface area contributed by atoms with Crippen LogP contribution in [0.5, 0.6) is 0 Å². The van der Waals surface area contributed by atoms with Crippen LogP contribution in [0.15, 0.2) is 15.9 Å². The van der Waals surface area contributed by atoms with Gasteiger partial charge in [0.2, 0.25) is 0 Å². The highest BCUT2D eigenvalue weighted by Crippen LogP contribution is 2.26. The lowest BCUT2D eigenvalue weighted by Crippen LogP contribution is -2.27. The SMILES string of the molecule is CCNC(C)CC(C)Cc1sccc1Br. The van der Waals surface area contributed by atoms with Gasteiger partial charge in [0.15, 0.2) is 0 Å². The Kier molecular flexibility index (Phi) is 5.87. The monoisotopic (exact) mass is 289 g/mol. The molecule has 0 saturated carbocycles. The van der Waals surface area contributed by atoms with E-state index in [9.17, 15) is 0 Å². The molecule has 15 heavy (non-hydrogen) atoms. The topological polar surface area (TPSA) is 12.0 Å². The predicted molar refractivity (Wildman–Crippen MR) is 72.6 cm³/mol. The maximum absolute atomic E-state index is 3.59. The summed E-state index contributed by atoms with van der Waals surface area (Å²) in [5.41, 5.74) is 0. The van der Waals surface area contributed by atoms with E-state index in [1.165, 1.54) is 22.2 Å². The van der Waals surface area contributed by atoms with Crippen LogP contribution in [0.3, 0.4) is 0 Å². The number of rotatable bonds is 6. The number of thiophene rings is 1. The lowest BCUT2D eigenvalue weighted by Gasteiger charge is -2.17. The van der Waals surface area contributed by atoms with Gasteiger partial charge in [0.25, 0.3) is 0 Å². The lowest BCUT2D eigenvalue weighted by atomic mass is 9.98. The van der Waals surface area contributed by atoms with Gasteiger partial charge in [-0.3, -0.25) is 0 Å². The molecule has 2 atom stereocenters. The maximum atomic E-state index is 3.59. The van der Waals surface area contributed by atoms with Gasteiger partial charge in [-0.2, -0.15) is 0 Å². The van der Waals surface area contributed by atoms with Crippen LogP contribution in [-0.2, 0) is 6.42 Å². The second-order valence-electron chi connectivity index (χ2n) is 4.20. The molecule has 1 N–H and O–H groups in total. The Labute approximate surface area is 105 Å². The van der Waals surface area contributed by atoms with E-state index in [-0.39, 0.29) is 0 Å². The van der Waals surface area contributed by atoms with Gasteiger partial charge < -0.3 is 5.32 Å². The summed E-state index contributed by atoms with van der Waals surface area (Å²) in [6, 6.07) is 2.77. The van der Waals surface area contributed by atoms with Crippen molar-refractivity contribution in [2.45, 2.75) is 39.7 Å². The van der Waals surface area contributed by atoms with Crippen LogP contribution in [0.1, 0.15) is 32.1 Å². The van der Waals surface area contributed by atoms with Gasteiger partial charge in [-0.05, 0) is 59.6 Å². The standard InChI is InChI=1S/C12H20BrNS/c1-4-14-10(3)7-9(2)8-12-11(13)5-6-15-12/h5-6,9-10,14H,4,7-8H2,1-3H3. The lowest BCUT2D eigenvalue weighted by molar-refractivity contribution is 0.427. The zero-order valence-electron chi connectivity index (χ0n) is 9.72. The summed E-state index contributed by atoms with van der Waals surface area (Å²) in [7, 11) is 0. The van der Waals surface area contributed by atoms with Gasteiger partial charge in [-0.15, -0.1) is 11.3 Å². The molecule has 0 spiro atoms. The van der Waals surface area contributed by atoms with Crippen LogP contribution in [-0.4, -0.2) is 12.6 Å². The van der Waals surface area contributed by atoms with Crippen LogP contribution in [0.4, 0.5) is 0 Å². The summed E-state index contributed by atoms with van der Waals surface area (Å²) >= 11 is 5.44. The molecule has 1 heterocycles. The van der Waals surface area contributed by atoms with Crippen LogP contribution >= 0.6 is 27.3 Å². The van der Waals surface area contributed by atoms with Gasteiger partial charge in [0.05, 0.1) is 0 Å². The normalized spacial score (nSPS) is 15.2. The largest absolute Gasteiger partial charge is 0.315 e. The molecule has 1 aromatic rings. The molecule has 1 nitrogen and oxygen atoms in total. The smallest absolute Gasteiger partial charge is 0.0314 e. The van der Waals surface area contributed by atoms with E-state index in [1.807, 2.05) is 11.3 Å². The van der Waals surface area contributed by atoms with Gasteiger partial charge in [0, 0.05) is 15.4 Å². The number of halogens is 1. The third-order valence-corrected chi connectivity index (χ3v) is 4.48. The van der Waals surface area contributed by atoms with Crippen molar-refractivity contribution in [3.05, 3.63) is 20.8 Å². The fourth-order valence-electron chi connectivity index (χ4n) is 1.91. The van der Waals surface area contributed by atoms with E-state index in [4.69, 9.17) is 0 Å². The van der Waals surface area contributed by atoms with Gasteiger partial charge in [0.1, 0.15) is 0 Å². The molecule has 2 unspecified atom stereocenters. The molecule has 0 aromatic carbocycles. The van der Waals surface area contributed by atoms with Crippen molar-refractivity contribution < 1.29 is 0 Å². The molecule has 0 saturated heterocycles. The molecule has 1 aromatic heterocycles. The minimum Gasteiger partial charge on any atom is -0.315 e. The molecule has 0 fully saturated rings. The molecule has 0 bridgehead atoms. The Balaban J connectivity index is 2.36. The quantitative estimate of drug-likeness (QED) is 0.832. The first-order valence-corrected chi connectivity index (χ1v) is 7.26. The summed E-state index contributed by atoms with van der Waals surface area (Å²) in [4.78, 5) is 1.48. The molecule has 1 rings (SSSR count). The van der Waals surface area contributed by atoms with E-state index < -0.39 is 0 Å². The molecule has 0 radical (unpaired) electrons. The second-order valence-corrected chi connectivity index (χ2v) is 6.05. The summed E-state index contributed by atoms with van der Waals surface area (Å²) in [5, 5.41) is 5.61. The molecule has 0 amide bonds. The molecule has 86 valence electrons. The Morgan fingerprint density at radius 3 is 2.73 bits per heavy atom. The minimum absolute atomic E-state index is 0.628. The minimum atomic E-state index is 0.628. The number of nitrogens with one attached hydrogen (secondary N) is 1. The van der Waals surface area contributed by atoms with E-state index in [0.717, 1.165) is 12.5 Å². The summed E-state index contributed by atoms with van der Waals surface area (Å²) in [5.74, 6) is 0.744. The summed E-state index contributed by atoms with van der Waals surface area (Å²) in [6.07, 6.45) is 2.44. The number of hydrogen-bond acceptors (Lipinski definition) is 2. The molecule has 0 aliphatic rings. The van der Waals surface area contributed by atoms with Crippen molar-refractivity contribution in [1.82, 2.24) is 5.32 Å². The van der Waals surface area contributed by atoms with Gasteiger partial charge in [-0.1, -0.05) is 13.8 Å². The zero-order valence-corrected chi connectivity index (χ0v) is 12.1. The van der Waals surface area contributed by atoms with Crippen LogP contribution in [0.25, 0.3) is 0 Å². The summed E-state index contributed by atoms with van der Waals surface area (Å²) < 4.78 is 1.27. The molecule has 0 aliphatic carbocycles. The molecular weight excluding hydrogens is 270 g/mol. The van der Waals surface area contributed by atoms with Crippen molar-refractivity contribution in [1.29, 1.82) is 0 Å². The first-order valence-electron chi connectivity index (χ1n) is 5.58.